The molecule has 2 amide bonds. The maximum Gasteiger partial charge on any atom is 0.278 e. The number of rotatable bonds is 8. The number of benzene rings is 3. The van der Waals surface area contributed by atoms with Gasteiger partial charge < -0.3 is 10.1 Å². The van der Waals surface area contributed by atoms with E-state index in [0.717, 1.165) is 23.4 Å². The fraction of sp³-hybridized carbons (Fsp3) is 0.214. The Morgan fingerprint density at radius 2 is 1.48 bits per heavy atom. The minimum Gasteiger partial charge on any atom is -0.491 e. The van der Waals surface area contributed by atoms with Crippen LogP contribution in [0.2, 0.25) is 0 Å². The standard InChI is InChI=1S/C28H28N2O3/c1-4-20-10-14-23(15-11-20)29-26-25(22-12-16-24(17-13-22)33-19(2)3)27(31)30(28(26)32)18-21-8-6-5-7-9-21/h5-17,19,29H,4,18H2,1-3H3. The molecule has 0 unspecified atom stereocenters. The minimum absolute atomic E-state index is 0.0504. The Morgan fingerprint density at radius 1 is 0.818 bits per heavy atom. The number of hydrogen-bond acceptors (Lipinski definition) is 4. The molecule has 0 saturated heterocycles. The first-order valence-corrected chi connectivity index (χ1v) is 11.2. The summed E-state index contributed by atoms with van der Waals surface area (Å²) < 4.78 is 5.73. The highest BCUT2D eigenvalue weighted by atomic mass is 16.5. The molecule has 5 heteroatoms. The lowest BCUT2D eigenvalue weighted by atomic mass is 10.0. The van der Waals surface area contributed by atoms with Crippen LogP contribution in [-0.2, 0) is 22.6 Å². The van der Waals surface area contributed by atoms with Gasteiger partial charge in [0, 0.05) is 5.69 Å². The van der Waals surface area contributed by atoms with E-state index in [9.17, 15) is 9.59 Å². The summed E-state index contributed by atoms with van der Waals surface area (Å²) in [4.78, 5) is 28.2. The first-order chi connectivity index (χ1) is 16.0. The molecule has 3 aromatic carbocycles. The third kappa shape index (κ3) is 4.98. The molecule has 0 radical (unpaired) electrons. The smallest absolute Gasteiger partial charge is 0.278 e. The van der Waals surface area contributed by atoms with Crippen LogP contribution in [0.4, 0.5) is 5.69 Å². The van der Waals surface area contributed by atoms with Crippen molar-refractivity contribution in [3.63, 3.8) is 0 Å². The van der Waals surface area contributed by atoms with Crippen molar-refractivity contribution in [3.8, 4) is 5.75 Å². The van der Waals surface area contributed by atoms with Crippen LogP contribution in [0.25, 0.3) is 5.57 Å². The van der Waals surface area contributed by atoms with Crippen molar-refractivity contribution in [1.82, 2.24) is 4.90 Å². The lowest BCUT2D eigenvalue weighted by molar-refractivity contribution is -0.137. The van der Waals surface area contributed by atoms with Gasteiger partial charge in [0.05, 0.1) is 18.2 Å². The Labute approximate surface area is 194 Å². The van der Waals surface area contributed by atoms with Crippen molar-refractivity contribution < 1.29 is 14.3 Å². The average molecular weight is 441 g/mol. The largest absolute Gasteiger partial charge is 0.491 e. The second-order valence-electron chi connectivity index (χ2n) is 8.30. The summed E-state index contributed by atoms with van der Waals surface area (Å²) in [7, 11) is 0. The zero-order valence-electron chi connectivity index (χ0n) is 19.2. The van der Waals surface area contributed by atoms with Crippen molar-refractivity contribution in [2.24, 2.45) is 0 Å². The monoisotopic (exact) mass is 440 g/mol. The summed E-state index contributed by atoms with van der Waals surface area (Å²) in [5.41, 5.74) is 4.20. The highest BCUT2D eigenvalue weighted by molar-refractivity contribution is 6.36. The molecule has 1 heterocycles. The van der Waals surface area contributed by atoms with Crippen LogP contribution >= 0.6 is 0 Å². The summed E-state index contributed by atoms with van der Waals surface area (Å²) in [6.07, 6.45) is 0.982. The number of nitrogens with zero attached hydrogens (tertiary/aromatic N) is 1. The molecule has 4 rings (SSSR count). The molecule has 1 N–H and O–H groups in total. The Hall–Kier alpha value is -3.86. The lowest BCUT2D eigenvalue weighted by Crippen LogP contribution is -2.31. The normalized spacial score (nSPS) is 13.8. The fourth-order valence-electron chi connectivity index (χ4n) is 3.81. The first-order valence-electron chi connectivity index (χ1n) is 11.2. The molecular formula is C28H28N2O3. The Kier molecular flexibility index (Phi) is 6.59. The van der Waals surface area contributed by atoms with Crippen LogP contribution in [0.3, 0.4) is 0 Å². The van der Waals surface area contributed by atoms with Gasteiger partial charge in [-0.2, -0.15) is 0 Å². The number of imide groups is 1. The van der Waals surface area contributed by atoms with Crippen molar-refractivity contribution in [1.29, 1.82) is 0 Å². The van der Waals surface area contributed by atoms with Crippen molar-refractivity contribution in [2.45, 2.75) is 39.8 Å². The van der Waals surface area contributed by atoms with E-state index in [2.05, 4.69) is 12.2 Å². The first kappa shape index (κ1) is 22.3. The van der Waals surface area contributed by atoms with Gasteiger partial charge in [0.2, 0.25) is 0 Å². The molecule has 33 heavy (non-hydrogen) atoms. The van der Waals surface area contributed by atoms with Gasteiger partial charge in [-0.3, -0.25) is 14.5 Å². The van der Waals surface area contributed by atoms with Crippen LogP contribution in [0.1, 0.15) is 37.5 Å². The van der Waals surface area contributed by atoms with E-state index in [0.29, 0.717) is 11.1 Å². The van der Waals surface area contributed by atoms with E-state index in [1.165, 1.54) is 10.5 Å². The second kappa shape index (κ2) is 9.74. The predicted octanol–water partition coefficient (Wildman–Crippen LogP) is 5.43. The molecular weight excluding hydrogens is 412 g/mol. The van der Waals surface area contributed by atoms with Gasteiger partial charge in [0.25, 0.3) is 11.8 Å². The van der Waals surface area contributed by atoms with Crippen LogP contribution in [0.5, 0.6) is 5.75 Å². The van der Waals surface area contributed by atoms with Gasteiger partial charge in [-0.1, -0.05) is 61.5 Å². The molecule has 5 nitrogen and oxygen atoms in total. The Balaban J connectivity index is 1.70. The molecule has 0 aromatic heterocycles. The quantitative estimate of drug-likeness (QED) is 0.475. The van der Waals surface area contributed by atoms with E-state index < -0.39 is 0 Å². The summed E-state index contributed by atoms with van der Waals surface area (Å²) in [6, 6.07) is 24.7. The average Bonchev–Trinajstić information content (AvgIpc) is 3.05. The van der Waals surface area contributed by atoms with E-state index >= 15 is 0 Å². The molecule has 0 spiro atoms. The summed E-state index contributed by atoms with van der Waals surface area (Å²) in [5.74, 6) is 0.0758. The topological polar surface area (TPSA) is 58.6 Å². The van der Waals surface area contributed by atoms with Gasteiger partial charge in [0.15, 0.2) is 0 Å². The maximum absolute atomic E-state index is 13.5. The molecule has 0 aliphatic carbocycles. The van der Waals surface area contributed by atoms with Gasteiger partial charge in [-0.15, -0.1) is 0 Å². The van der Waals surface area contributed by atoms with Crippen LogP contribution < -0.4 is 10.1 Å². The third-order valence-electron chi connectivity index (χ3n) is 5.50. The number of hydrogen-bond donors (Lipinski definition) is 1. The van der Waals surface area contributed by atoms with Gasteiger partial charge in [-0.25, -0.2) is 0 Å². The number of amides is 2. The molecule has 0 fully saturated rings. The maximum atomic E-state index is 13.5. The highest BCUT2D eigenvalue weighted by Gasteiger charge is 2.39. The summed E-state index contributed by atoms with van der Waals surface area (Å²) in [5, 5.41) is 3.22. The van der Waals surface area contributed by atoms with Crippen LogP contribution in [-0.4, -0.2) is 22.8 Å². The summed E-state index contributed by atoms with van der Waals surface area (Å²) >= 11 is 0. The molecule has 0 bridgehead atoms. The highest BCUT2D eigenvalue weighted by Crippen LogP contribution is 2.32. The zero-order valence-corrected chi connectivity index (χ0v) is 19.2. The molecule has 168 valence electrons. The molecule has 1 aliphatic rings. The van der Waals surface area contributed by atoms with Crippen molar-refractivity contribution in [3.05, 3.63) is 101 Å². The van der Waals surface area contributed by atoms with E-state index in [1.807, 2.05) is 92.7 Å². The number of carbonyl (C=O) groups excluding carboxylic acids is 2. The van der Waals surface area contributed by atoms with Crippen molar-refractivity contribution >= 4 is 23.1 Å². The molecule has 0 saturated carbocycles. The van der Waals surface area contributed by atoms with Crippen LogP contribution in [0.15, 0.2) is 84.6 Å². The molecule has 0 atom stereocenters. The van der Waals surface area contributed by atoms with Crippen molar-refractivity contribution in [2.75, 3.05) is 5.32 Å². The number of aryl methyl sites for hydroxylation is 1. The fourth-order valence-corrected chi connectivity index (χ4v) is 3.81. The van der Waals surface area contributed by atoms with E-state index in [4.69, 9.17) is 4.74 Å². The van der Waals surface area contributed by atoms with E-state index in [1.54, 1.807) is 0 Å². The van der Waals surface area contributed by atoms with E-state index in [-0.39, 0.29) is 30.2 Å². The number of nitrogens with one attached hydrogen (secondary N) is 1. The summed E-state index contributed by atoms with van der Waals surface area (Å²) in [6.45, 7) is 6.23. The van der Waals surface area contributed by atoms with Gasteiger partial charge in [0.1, 0.15) is 11.4 Å². The minimum atomic E-state index is -0.332. The van der Waals surface area contributed by atoms with Gasteiger partial charge >= 0.3 is 0 Å². The number of anilines is 1. The SMILES string of the molecule is CCc1ccc(NC2=C(c3ccc(OC(C)C)cc3)C(=O)N(Cc3ccccc3)C2=O)cc1. The number of ether oxygens (including phenoxy) is 1. The third-order valence-corrected chi connectivity index (χ3v) is 5.50. The predicted molar refractivity (Wildman–Crippen MR) is 131 cm³/mol. The van der Waals surface area contributed by atoms with Gasteiger partial charge in [-0.05, 0) is 61.2 Å². The lowest BCUT2D eigenvalue weighted by Gasteiger charge is -2.15. The molecule has 3 aromatic rings. The molecule has 1 aliphatic heterocycles. The Morgan fingerprint density at radius 3 is 2.09 bits per heavy atom. The number of carbonyl (C=O) groups is 2. The Bertz CT molecular complexity index is 1160. The zero-order chi connectivity index (χ0) is 23.4. The van der Waals surface area contributed by atoms with Crippen LogP contribution in [0, 0.1) is 0 Å². The second-order valence-corrected chi connectivity index (χ2v) is 8.30.